The third-order valence-electron chi connectivity index (χ3n) is 4.68. The Hall–Kier alpha value is -3.82. The molecule has 148 valence electrons. The van der Waals surface area contributed by atoms with Crippen LogP contribution in [0.15, 0.2) is 65.6 Å². The van der Waals surface area contributed by atoms with Gasteiger partial charge in [0, 0.05) is 22.3 Å². The summed E-state index contributed by atoms with van der Waals surface area (Å²) in [6.45, 7) is 4.46. The Morgan fingerprint density at radius 1 is 1.17 bits per heavy atom. The molecule has 0 saturated carbocycles. The Bertz CT molecular complexity index is 1390. The van der Waals surface area contributed by atoms with Gasteiger partial charge in [0.25, 0.3) is 5.56 Å². The van der Waals surface area contributed by atoms with E-state index in [2.05, 4.69) is 22.8 Å². The summed E-state index contributed by atoms with van der Waals surface area (Å²) in [4.78, 5) is 13.0. The summed E-state index contributed by atoms with van der Waals surface area (Å²) >= 11 is 6.02. The zero-order chi connectivity index (χ0) is 21.1. The number of rotatable bonds is 5. The summed E-state index contributed by atoms with van der Waals surface area (Å²) in [7, 11) is 0. The van der Waals surface area contributed by atoms with E-state index in [9.17, 15) is 4.79 Å². The molecule has 0 bridgehead atoms. The minimum Gasteiger partial charge on any atom is -0.291 e. The molecular weight excluding hydrogens is 398 g/mol. The molecule has 2 aromatic carbocycles. The summed E-state index contributed by atoms with van der Waals surface area (Å²) in [5, 5.41) is 18.1. The number of aromatic amines is 1. The van der Waals surface area contributed by atoms with Gasteiger partial charge >= 0.3 is 0 Å². The first kappa shape index (κ1) is 19.5. The molecule has 0 radical (unpaired) electrons. The number of nitrogens with one attached hydrogen (secondary N) is 1. The second-order valence-corrected chi connectivity index (χ2v) is 7.17. The van der Waals surface area contributed by atoms with E-state index in [0.29, 0.717) is 34.2 Å². The van der Waals surface area contributed by atoms with Crippen molar-refractivity contribution in [3.05, 3.63) is 92.3 Å². The number of H-pyrrole nitrogens is 1. The van der Waals surface area contributed by atoms with Crippen LogP contribution < -0.4 is 16.1 Å². The largest absolute Gasteiger partial charge is 0.291 e. The fraction of sp³-hybridized carbons (Fsp3) is 0.0870. The van der Waals surface area contributed by atoms with Gasteiger partial charge in [0.1, 0.15) is 0 Å². The Morgan fingerprint density at radius 3 is 2.60 bits per heavy atom. The maximum atomic E-state index is 13.0. The van der Waals surface area contributed by atoms with Gasteiger partial charge in [0.2, 0.25) is 0 Å². The summed E-state index contributed by atoms with van der Waals surface area (Å²) in [5.74, 6) is 0. The van der Waals surface area contributed by atoms with Gasteiger partial charge in [0.05, 0.1) is 41.0 Å². The van der Waals surface area contributed by atoms with Crippen LogP contribution in [0, 0.1) is 11.3 Å². The van der Waals surface area contributed by atoms with Gasteiger partial charge < -0.3 is 0 Å². The van der Waals surface area contributed by atoms with Crippen molar-refractivity contribution < 1.29 is 0 Å². The van der Waals surface area contributed by atoms with Gasteiger partial charge in [-0.3, -0.25) is 14.6 Å². The van der Waals surface area contributed by atoms with Crippen molar-refractivity contribution in [2.24, 2.45) is 0 Å². The Labute approximate surface area is 177 Å². The topological polar surface area (TPSA) is 79.4 Å². The number of nitrogens with zero attached hydrogens (tertiary/aromatic N) is 4. The van der Waals surface area contributed by atoms with Crippen molar-refractivity contribution in [2.45, 2.75) is 13.0 Å². The van der Waals surface area contributed by atoms with E-state index in [1.165, 1.54) is 4.68 Å². The average Bonchev–Trinajstić information content (AvgIpc) is 3.29. The van der Waals surface area contributed by atoms with E-state index in [1.807, 2.05) is 48.7 Å². The predicted molar refractivity (Wildman–Crippen MR) is 118 cm³/mol. The van der Waals surface area contributed by atoms with Gasteiger partial charge in [0.15, 0.2) is 0 Å². The molecule has 0 atom stereocenters. The van der Waals surface area contributed by atoms with Crippen LogP contribution >= 0.6 is 11.6 Å². The van der Waals surface area contributed by atoms with Crippen molar-refractivity contribution in [1.29, 1.82) is 5.26 Å². The van der Waals surface area contributed by atoms with Crippen molar-refractivity contribution >= 4 is 24.3 Å². The highest BCUT2D eigenvalue weighted by molar-refractivity contribution is 6.30. The highest BCUT2D eigenvalue weighted by atomic mass is 35.5. The highest BCUT2D eigenvalue weighted by Gasteiger charge is 2.12. The monoisotopic (exact) mass is 415 g/mol. The Balaban J connectivity index is 1.88. The second kappa shape index (κ2) is 8.27. The molecule has 6 nitrogen and oxygen atoms in total. The molecule has 0 fully saturated rings. The molecule has 4 rings (SSSR count). The zero-order valence-electron chi connectivity index (χ0n) is 16.0. The molecule has 0 aliphatic rings. The molecule has 4 aromatic rings. The van der Waals surface area contributed by atoms with Crippen LogP contribution in [0.3, 0.4) is 0 Å². The number of para-hydroxylation sites is 1. The quantitative estimate of drug-likeness (QED) is 0.544. The number of halogens is 1. The second-order valence-electron chi connectivity index (χ2n) is 6.74. The van der Waals surface area contributed by atoms with Gasteiger partial charge in [-0.2, -0.15) is 10.4 Å². The predicted octanol–water partition coefficient (Wildman–Crippen LogP) is 2.84. The molecular formula is C23H18ClN5O. The minimum atomic E-state index is -0.196. The van der Waals surface area contributed by atoms with Crippen molar-refractivity contribution in [3.8, 4) is 23.0 Å². The molecule has 7 heteroatoms. The van der Waals surface area contributed by atoms with Crippen molar-refractivity contribution in [2.75, 3.05) is 0 Å². The van der Waals surface area contributed by atoms with E-state index >= 15 is 0 Å². The molecule has 0 amide bonds. The molecule has 0 unspecified atom stereocenters. The number of aromatic nitrogens is 4. The lowest BCUT2D eigenvalue weighted by Gasteiger charge is -1.99. The minimum absolute atomic E-state index is 0.196. The standard InChI is InChI=1S/C23H18ClN5O/c1-16-21(23(30)29(26-16)20-6-3-2-4-7-20)14-18-15-28(13-5-12-25)27-22(18)17-8-10-19(24)11-9-17/h2-4,6-11,14-15,26H,1,5,13H2/b21-14-. The van der Waals surface area contributed by atoms with Crippen LogP contribution in [0.4, 0.5) is 0 Å². The van der Waals surface area contributed by atoms with Crippen LogP contribution in [0.1, 0.15) is 12.0 Å². The van der Waals surface area contributed by atoms with E-state index in [4.69, 9.17) is 16.9 Å². The SMILES string of the molecule is C=c1[nH]n(-c2ccccc2)c(=O)/c1=C\c1cn(CCC#N)nc1-c1ccc(Cl)cc1. The van der Waals surface area contributed by atoms with Crippen LogP contribution in [-0.4, -0.2) is 19.6 Å². The molecule has 30 heavy (non-hydrogen) atoms. The van der Waals surface area contributed by atoms with E-state index in [-0.39, 0.29) is 5.56 Å². The maximum absolute atomic E-state index is 13.0. The van der Waals surface area contributed by atoms with Gasteiger partial charge in [-0.1, -0.05) is 48.5 Å². The molecule has 2 heterocycles. The lowest BCUT2D eigenvalue weighted by Crippen LogP contribution is -2.33. The average molecular weight is 416 g/mol. The van der Waals surface area contributed by atoms with Crippen LogP contribution in [0.5, 0.6) is 0 Å². The van der Waals surface area contributed by atoms with Crippen molar-refractivity contribution in [3.63, 3.8) is 0 Å². The third kappa shape index (κ3) is 3.84. The van der Waals surface area contributed by atoms with Crippen LogP contribution in [0.2, 0.25) is 5.02 Å². The molecule has 2 aromatic heterocycles. The first-order valence-corrected chi connectivity index (χ1v) is 9.72. The smallest absolute Gasteiger partial charge is 0.279 e. The van der Waals surface area contributed by atoms with E-state index in [1.54, 1.807) is 22.9 Å². The number of hydrogen-bond acceptors (Lipinski definition) is 3. The van der Waals surface area contributed by atoms with Gasteiger partial charge in [-0.15, -0.1) is 0 Å². The van der Waals surface area contributed by atoms with Crippen molar-refractivity contribution in [1.82, 2.24) is 19.6 Å². The van der Waals surface area contributed by atoms with Crippen LogP contribution in [0.25, 0.3) is 29.6 Å². The third-order valence-corrected chi connectivity index (χ3v) is 4.93. The number of benzene rings is 2. The Morgan fingerprint density at radius 2 is 1.90 bits per heavy atom. The fourth-order valence-electron chi connectivity index (χ4n) is 3.21. The van der Waals surface area contributed by atoms with E-state index < -0.39 is 0 Å². The summed E-state index contributed by atoms with van der Waals surface area (Å²) in [5.41, 5.74) is 2.87. The van der Waals surface area contributed by atoms with Gasteiger partial charge in [-0.05, 0) is 30.3 Å². The molecule has 1 N–H and O–H groups in total. The first-order valence-electron chi connectivity index (χ1n) is 9.34. The lowest BCUT2D eigenvalue weighted by atomic mass is 10.1. The normalized spacial score (nSPS) is 11.5. The number of nitriles is 1. The first-order chi connectivity index (χ1) is 14.6. The summed E-state index contributed by atoms with van der Waals surface area (Å²) < 4.78 is 3.18. The molecule has 0 saturated heterocycles. The zero-order valence-corrected chi connectivity index (χ0v) is 16.8. The number of aryl methyl sites for hydroxylation is 1. The molecule has 0 aliphatic carbocycles. The van der Waals surface area contributed by atoms with E-state index in [0.717, 1.165) is 16.8 Å². The maximum Gasteiger partial charge on any atom is 0.279 e. The highest BCUT2D eigenvalue weighted by Crippen LogP contribution is 2.24. The Kier molecular flexibility index (Phi) is 5.38. The molecule has 0 aliphatic heterocycles. The summed E-state index contributed by atoms with van der Waals surface area (Å²) in [6.07, 6.45) is 3.95. The van der Waals surface area contributed by atoms with Crippen LogP contribution in [-0.2, 0) is 6.54 Å². The fourth-order valence-corrected chi connectivity index (χ4v) is 3.34. The number of hydrogen-bond donors (Lipinski definition) is 1. The molecule has 0 spiro atoms. The van der Waals surface area contributed by atoms with Gasteiger partial charge in [-0.25, -0.2) is 4.68 Å². The summed E-state index contributed by atoms with van der Waals surface area (Å²) in [6, 6.07) is 18.8. The lowest BCUT2D eigenvalue weighted by molar-refractivity contribution is 0.629.